The first-order chi connectivity index (χ1) is 17.6. The molecule has 0 spiro atoms. The zero-order valence-corrected chi connectivity index (χ0v) is 23.2. The highest BCUT2D eigenvalue weighted by Gasteiger charge is 2.27. The predicted octanol–water partition coefficient (Wildman–Crippen LogP) is 4.69. The summed E-state index contributed by atoms with van der Waals surface area (Å²) in [7, 11) is -6.19. The number of hydrogen-bond donors (Lipinski definition) is 2. The topological polar surface area (TPSA) is 122 Å². The van der Waals surface area contributed by atoms with Gasteiger partial charge in [0.1, 0.15) is 5.75 Å². The van der Waals surface area contributed by atoms with Gasteiger partial charge in [-0.15, -0.1) is 0 Å². The predicted molar refractivity (Wildman–Crippen MR) is 145 cm³/mol. The van der Waals surface area contributed by atoms with Crippen molar-refractivity contribution < 1.29 is 26.4 Å². The molecular weight excluding hydrogens is 582 g/mol. The van der Waals surface area contributed by atoms with E-state index in [0.29, 0.717) is 24.5 Å². The maximum atomic E-state index is 13.1. The first-order valence-corrected chi connectivity index (χ1v) is 15.2. The van der Waals surface area contributed by atoms with E-state index in [2.05, 4.69) is 26.0 Å². The molecule has 0 bridgehead atoms. The molecule has 196 valence electrons. The highest BCUT2D eigenvalue weighted by molar-refractivity contribution is 9.10. The Morgan fingerprint density at radius 2 is 1.43 bits per heavy atom. The van der Waals surface area contributed by atoms with Gasteiger partial charge in [0.2, 0.25) is 10.0 Å². The van der Waals surface area contributed by atoms with Crippen molar-refractivity contribution in [2.75, 3.05) is 30.2 Å². The second-order valence-corrected chi connectivity index (χ2v) is 13.0. The van der Waals surface area contributed by atoms with E-state index in [4.69, 9.17) is 4.74 Å². The molecule has 0 atom stereocenters. The Labute approximate surface area is 225 Å². The molecule has 0 radical (unpaired) electrons. The first-order valence-electron chi connectivity index (χ1n) is 11.5. The van der Waals surface area contributed by atoms with Crippen LogP contribution in [-0.2, 0) is 20.0 Å². The van der Waals surface area contributed by atoms with E-state index >= 15 is 0 Å². The van der Waals surface area contributed by atoms with E-state index < -0.39 is 26.0 Å². The van der Waals surface area contributed by atoms with E-state index in [-0.39, 0.29) is 21.1 Å². The minimum atomic E-state index is -3.84. The molecule has 1 heterocycles. The number of carbonyl (C=O) groups is 1. The third-order valence-corrected chi connectivity index (χ3v) is 9.71. The fourth-order valence-corrected chi connectivity index (χ4v) is 6.79. The van der Waals surface area contributed by atoms with Crippen LogP contribution in [0.15, 0.2) is 81.0 Å². The van der Waals surface area contributed by atoms with Crippen LogP contribution in [0.4, 0.5) is 11.4 Å². The zero-order valence-electron chi connectivity index (χ0n) is 20.0. The summed E-state index contributed by atoms with van der Waals surface area (Å²) >= 11 is 3.30. The monoisotopic (exact) mass is 607 g/mol. The average Bonchev–Trinajstić information content (AvgIpc) is 2.90. The van der Waals surface area contributed by atoms with Gasteiger partial charge in [0, 0.05) is 28.9 Å². The van der Waals surface area contributed by atoms with Crippen LogP contribution in [0.25, 0.3) is 0 Å². The number of sulfonamides is 2. The van der Waals surface area contributed by atoms with E-state index in [9.17, 15) is 21.6 Å². The Kier molecular flexibility index (Phi) is 8.22. The van der Waals surface area contributed by atoms with Crippen LogP contribution in [0.2, 0.25) is 0 Å². The van der Waals surface area contributed by atoms with Gasteiger partial charge in [-0.05, 0) is 79.6 Å². The van der Waals surface area contributed by atoms with Crippen LogP contribution in [-0.4, -0.2) is 47.2 Å². The number of nitrogens with one attached hydrogen (secondary N) is 2. The molecule has 0 unspecified atom stereocenters. The number of rotatable bonds is 8. The van der Waals surface area contributed by atoms with Crippen LogP contribution < -0.4 is 14.8 Å². The number of piperidine rings is 1. The minimum Gasteiger partial charge on any atom is -0.496 e. The Morgan fingerprint density at radius 3 is 2.05 bits per heavy atom. The van der Waals surface area contributed by atoms with Gasteiger partial charge < -0.3 is 10.1 Å². The van der Waals surface area contributed by atoms with Crippen LogP contribution in [0.5, 0.6) is 5.75 Å². The summed E-state index contributed by atoms with van der Waals surface area (Å²) in [6, 6.07) is 16.5. The average molecular weight is 609 g/mol. The molecule has 0 saturated carbocycles. The van der Waals surface area contributed by atoms with E-state index in [1.807, 2.05) is 0 Å². The molecule has 4 rings (SSSR count). The van der Waals surface area contributed by atoms with E-state index in [0.717, 1.165) is 23.7 Å². The van der Waals surface area contributed by atoms with E-state index in [1.54, 1.807) is 24.3 Å². The molecule has 9 nitrogen and oxygen atoms in total. The molecule has 37 heavy (non-hydrogen) atoms. The Hall–Kier alpha value is -2.93. The van der Waals surface area contributed by atoms with Crippen molar-refractivity contribution in [3.8, 4) is 5.75 Å². The van der Waals surface area contributed by atoms with Gasteiger partial charge in [-0.3, -0.25) is 9.52 Å². The molecule has 1 aliphatic heterocycles. The number of halogens is 1. The second kappa shape index (κ2) is 11.2. The van der Waals surface area contributed by atoms with Crippen molar-refractivity contribution in [1.29, 1.82) is 0 Å². The molecule has 2 N–H and O–H groups in total. The fourth-order valence-electron chi connectivity index (χ4n) is 3.93. The number of methoxy groups -OCH3 is 1. The first kappa shape index (κ1) is 27.1. The summed E-state index contributed by atoms with van der Waals surface area (Å²) in [6.07, 6.45) is 2.59. The van der Waals surface area contributed by atoms with Crippen LogP contribution in [0.3, 0.4) is 0 Å². The van der Waals surface area contributed by atoms with Crippen LogP contribution >= 0.6 is 15.9 Å². The third-order valence-electron chi connectivity index (χ3n) is 5.89. The molecule has 1 fully saturated rings. The lowest BCUT2D eigenvalue weighted by atomic mass is 10.2. The summed E-state index contributed by atoms with van der Waals surface area (Å²) < 4.78 is 61.6. The quantitative estimate of drug-likeness (QED) is 0.383. The molecule has 3 aromatic rings. The number of ether oxygens (including phenoxy) is 1. The van der Waals surface area contributed by atoms with Gasteiger partial charge in [-0.25, -0.2) is 16.8 Å². The SMILES string of the molecule is COc1ccc(S(=O)(=O)N2CCCCC2)cc1C(=O)Nc1ccc(S(=O)(=O)Nc2ccc(Br)cc2)cc1. The zero-order chi connectivity index (χ0) is 26.6. The molecule has 0 aromatic heterocycles. The van der Waals surface area contributed by atoms with Crippen LogP contribution in [0, 0.1) is 0 Å². The standard InChI is InChI=1S/C25H26BrN3O6S2/c1-35-24-14-13-22(37(33,34)29-15-3-2-4-16-29)17-23(24)25(30)27-19-9-11-21(12-10-19)36(31,32)28-20-7-5-18(26)6-8-20/h5-14,17,28H,2-4,15-16H2,1H3,(H,27,30). The molecular formula is C25H26BrN3O6S2. The number of anilines is 2. The molecule has 0 aliphatic carbocycles. The minimum absolute atomic E-state index is 0.0145. The second-order valence-electron chi connectivity index (χ2n) is 8.42. The van der Waals surface area contributed by atoms with Crippen molar-refractivity contribution in [2.45, 2.75) is 29.1 Å². The smallest absolute Gasteiger partial charge is 0.261 e. The molecule has 3 aromatic carbocycles. The maximum absolute atomic E-state index is 13.1. The van der Waals surface area contributed by atoms with Crippen molar-refractivity contribution in [2.24, 2.45) is 0 Å². The van der Waals surface area contributed by atoms with Crippen molar-refractivity contribution in [3.05, 3.63) is 76.8 Å². The summed E-state index contributed by atoms with van der Waals surface area (Å²) in [6.45, 7) is 0.893. The number of hydrogen-bond acceptors (Lipinski definition) is 6. The van der Waals surface area contributed by atoms with Crippen molar-refractivity contribution in [1.82, 2.24) is 4.31 Å². The van der Waals surface area contributed by atoms with E-state index in [1.165, 1.54) is 53.9 Å². The largest absolute Gasteiger partial charge is 0.496 e. The maximum Gasteiger partial charge on any atom is 0.261 e. The summed E-state index contributed by atoms with van der Waals surface area (Å²) in [5.41, 5.74) is 0.792. The number of benzene rings is 3. The highest BCUT2D eigenvalue weighted by Crippen LogP contribution is 2.27. The number of nitrogens with zero attached hydrogens (tertiary/aromatic N) is 1. The Balaban J connectivity index is 1.52. The molecule has 12 heteroatoms. The normalized spacial score (nSPS) is 14.6. The Bertz CT molecular complexity index is 1490. The van der Waals surface area contributed by atoms with Gasteiger partial charge in [0.05, 0.1) is 22.5 Å². The van der Waals surface area contributed by atoms with Gasteiger partial charge in [0.15, 0.2) is 0 Å². The summed E-state index contributed by atoms with van der Waals surface area (Å²) in [5, 5.41) is 2.68. The van der Waals surface area contributed by atoms with Crippen molar-refractivity contribution >= 4 is 53.3 Å². The van der Waals surface area contributed by atoms with Crippen molar-refractivity contribution in [3.63, 3.8) is 0 Å². The molecule has 1 aliphatic rings. The van der Waals surface area contributed by atoms with Gasteiger partial charge >= 0.3 is 0 Å². The van der Waals surface area contributed by atoms with Gasteiger partial charge in [-0.1, -0.05) is 22.4 Å². The third kappa shape index (κ3) is 6.32. The lowest BCUT2D eigenvalue weighted by molar-refractivity contribution is 0.102. The number of amides is 1. The molecule has 1 amide bonds. The summed E-state index contributed by atoms with van der Waals surface area (Å²) in [5.74, 6) is -0.371. The van der Waals surface area contributed by atoms with Crippen LogP contribution in [0.1, 0.15) is 29.6 Å². The number of carbonyl (C=O) groups excluding carboxylic acids is 1. The lowest BCUT2D eigenvalue weighted by Gasteiger charge is -2.26. The van der Waals surface area contributed by atoms with Gasteiger partial charge in [0.25, 0.3) is 15.9 Å². The summed E-state index contributed by atoms with van der Waals surface area (Å²) in [4.78, 5) is 13.1. The molecule has 1 saturated heterocycles. The Morgan fingerprint density at radius 1 is 0.838 bits per heavy atom. The van der Waals surface area contributed by atoms with Gasteiger partial charge in [-0.2, -0.15) is 4.31 Å². The fraction of sp³-hybridized carbons (Fsp3) is 0.240. The lowest BCUT2D eigenvalue weighted by Crippen LogP contribution is -2.35. The highest BCUT2D eigenvalue weighted by atomic mass is 79.9.